The van der Waals surface area contributed by atoms with Gasteiger partial charge < -0.3 is 14.9 Å². The van der Waals surface area contributed by atoms with Gasteiger partial charge in [0, 0.05) is 31.7 Å². The molecule has 0 aromatic heterocycles. The van der Waals surface area contributed by atoms with Crippen LogP contribution in [0.25, 0.3) is 21.9 Å². The van der Waals surface area contributed by atoms with E-state index in [2.05, 4.69) is 11.9 Å². The molecule has 1 amide bonds. The maximum absolute atomic E-state index is 12.7. The highest BCUT2D eigenvalue weighted by molar-refractivity contribution is 6.02. The third-order valence-electron chi connectivity index (χ3n) is 5.41. The second kappa shape index (κ2) is 7.44. The quantitative estimate of drug-likeness (QED) is 0.714. The SMILES string of the molecule is CN1CCN(C(=O)c2ccc(-c3ccc4ccc(O)c(C=O)c4c3)cc2)CC1. The highest BCUT2D eigenvalue weighted by Gasteiger charge is 2.20. The first-order chi connectivity index (χ1) is 13.6. The van der Waals surface area contributed by atoms with Gasteiger partial charge in [0.1, 0.15) is 5.75 Å². The van der Waals surface area contributed by atoms with E-state index in [0.29, 0.717) is 22.8 Å². The van der Waals surface area contributed by atoms with Gasteiger partial charge in [0.25, 0.3) is 5.91 Å². The average Bonchev–Trinajstić information content (AvgIpc) is 2.73. The van der Waals surface area contributed by atoms with Gasteiger partial charge in [-0.05, 0) is 53.2 Å². The Morgan fingerprint density at radius 1 is 0.929 bits per heavy atom. The number of likely N-dealkylation sites (N-methyl/N-ethyl adjacent to an activating group) is 1. The first-order valence-electron chi connectivity index (χ1n) is 9.36. The number of piperazine rings is 1. The maximum atomic E-state index is 12.7. The molecule has 5 heteroatoms. The fourth-order valence-electron chi connectivity index (χ4n) is 3.63. The minimum absolute atomic E-state index is 0.0206. The third-order valence-corrected chi connectivity index (χ3v) is 5.41. The van der Waals surface area contributed by atoms with Gasteiger partial charge in [-0.15, -0.1) is 0 Å². The highest BCUT2D eigenvalue weighted by atomic mass is 16.3. The van der Waals surface area contributed by atoms with Crippen LogP contribution in [0, 0.1) is 0 Å². The normalized spacial score (nSPS) is 15.0. The Bertz CT molecular complexity index is 1040. The van der Waals surface area contributed by atoms with E-state index in [0.717, 1.165) is 42.7 Å². The van der Waals surface area contributed by atoms with Crippen molar-refractivity contribution in [3.05, 3.63) is 65.7 Å². The minimum Gasteiger partial charge on any atom is -0.507 e. The zero-order valence-corrected chi connectivity index (χ0v) is 15.8. The van der Waals surface area contributed by atoms with E-state index in [-0.39, 0.29) is 11.7 Å². The van der Waals surface area contributed by atoms with Crippen LogP contribution in [0.5, 0.6) is 5.75 Å². The molecule has 0 radical (unpaired) electrons. The smallest absolute Gasteiger partial charge is 0.253 e. The number of hydrogen-bond donors (Lipinski definition) is 1. The summed E-state index contributed by atoms with van der Waals surface area (Å²) in [6.45, 7) is 3.29. The van der Waals surface area contributed by atoms with Gasteiger partial charge in [-0.3, -0.25) is 9.59 Å². The first-order valence-corrected chi connectivity index (χ1v) is 9.36. The molecule has 1 aliphatic heterocycles. The van der Waals surface area contributed by atoms with Gasteiger partial charge in [0.05, 0.1) is 5.56 Å². The molecule has 1 saturated heterocycles. The highest BCUT2D eigenvalue weighted by Crippen LogP contribution is 2.30. The van der Waals surface area contributed by atoms with Crippen molar-refractivity contribution in [1.29, 1.82) is 0 Å². The number of benzene rings is 3. The van der Waals surface area contributed by atoms with Gasteiger partial charge in [-0.25, -0.2) is 0 Å². The van der Waals surface area contributed by atoms with Gasteiger partial charge in [-0.1, -0.05) is 30.3 Å². The van der Waals surface area contributed by atoms with Gasteiger partial charge >= 0.3 is 0 Å². The second-order valence-electron chi connectivity index (χ2n) is 7.22. The van der Waals surface area contributed by atoms with Crippen molar-refractivity contribution in [2.24, 2.45) is 0 Å². The van der Waals surface area contributed by atoms with Crippen LogP contribution in [0.2, 0.25) is 0 Å². The van der Waals surface area contributed by atoms with Gasteiger partial charge in [-0.2, -0.15) is 0 Å². The van der Waals surface area contributed by atoms with E-state index in [1.807, 2.05) is 47.4 Å². The Labute approximate surface area is 163 Å². The number of phenolic OH excluding ortho intramolecular Hbond substituents is 1. The summed E-state index contributed by atoms with van der Waals surface area (Å²) in [4.78, 5) is 28.2. The van der Waals surface area contributed by atoms with Crippen molar-refractivity contribution in [2.45, 2.75) is 0 Å². The van der Waals surface area contributed by atoms with Crippen molar-refractivity contribution >= 4 is 23.0 Å². The molecule has 0 spiro atoms. The van der Waals surface area contributed by atoms with Crippen LogP contribution in [0.15, 0.2) is 54.6 Å². The molecule has 3 aromatic carbocycles. The van der Waals surface area contributed by atoms with Crippen LogP contribution in [0.3, 0.4) is 0 Å². The van der Waals surface area contributed by atoms with Crippen LogP contribution in [0.4, 0.5) is 0 Å². The van der Waals surface area contributed by atoms with Crippen LogP contribution >= 0.6 is 0 Å². The van der Waals surface area contributed by atoms with E-state index in [9.17, 15) is 14.7 Å². The molecule has 0 unspecified atom stereocenters. The summed E-state index contributed by atoms with van der Waals surface area (Å²) < 4.78 is 0. The van der Waals surface area contributed by atoms with Crippen molar-refractivity contribution in [3.63, 3.8) is 0 Å². The summed E-state index contributed by atoms with van der Waals surface area (Å²) in [5, 5.41) is 11.5. The Balaban J connectivity index is 1.62. The maximum Gasteiger partial charge on any atom is 0.253 e. The third kappa shape index (κ3) is 3.37. The number of nitrogens with zero attached hydrogens (tertiary/aromatic N) is 2. The zero-order chi connectivity index (χ0) is 19.7. The molecule has 3 aromatic rings. The number of carbonyl (C=O) groups is 2. The van der Waals surface area contributed by atoms with Crippen molar-refractivity contribution < 1.29 is 14.7 Å². The summed E-state index contributed by atoms with van der Waals surface area (Å²) >= 11 is 0. The number of hydrogen-bond acceptors (Lipinski definition) is 4. The second-order valence-corrected chi connectivity index (χ2v) is 7.22. The number of aromatic hydroxyl groups is 1. The Hall–Kier alpha value is -3.18. The molecule has 1 fully saturated rings. The molecule has 1 aliphatic rings. The molecule has 28 heavy (non-hydrogen) atoms. The summed E-state index contributed by atoms with van der Waals surface area (Å²) in [6.07, 6.45) is 0.680. The van der Waals surface area contributed by atoms with E-state index in [1.54, 1.807) is 6.07 Å². The van der Waals surface area contributed by atoms with Crippen molar-refractivity contribution in [3.8, 4) is 16.9 Å². The molecule has 5 nitrogen and oxygen atoms in total. The Kier molecular flexibility index (Phi) is 4.84. The molecular formula is C23H22N2O3. The minimum atomic E-state index is -0.0206. The molecule has 0 saturated carbocycles. The number of aldehydes is 1. The number of phenols is 1. The van der Waals surface area contributed by atoms with E-state index >= 15 is 0 Å². The first kappa shape index (κ1) is 18.2. The summed E-state index contributed by atoms with van der Waals surface area (Å²) in [5.74, 6) is 0.0408. The molecular weight excluding hydrogens is 352 g/mol. The van der Waals surface area contributed by atoms with Gasteiger partial charge in [0.15, 0.2) is 6.29 Å². The summed E-state index contributed by atoms with van der Waals surface area (Å²) in [7, 11) is 2.07. The lowest BCUT2D eigenvalue weighted by molar-refractivity contribution is 0.0664. The Morgan fingerprint density at radius 3 is 2.25 bits per heavy atom. The zero-order valence-electron chi connectivity index (χ0n) is 15.8. The molecule has 4 rings (SSSR count). The lowest BCUT2D eigenvalue weighted by Gasteiger charge is -2.32. The lowest BCUT2D eigenvalue weighted by Crippen LogP contribution is -2.47. The van der Waals surface area contributed by atoms with Crippen LogP contribution in [0.1, 0.15) is 20.7 Å². The standard InChI is InChI=1S/C23H22N2O3/c1-24-10-12-25(13-11-24)23(28)18-5-2-16(3-6-18)19-7-4-17-8-9-22(27)21(15-26)20(17)14-19/h2-9,14-15,27H,10-13H2,1H3. The predicted molar refractivity (Wildman–Crippen MR) is 110 cm³/mol. The van der Waals surface area contributed by atoms with E-state index in [1.165, 1.54) is 6.07 Å². The number of rotatable bonds is 3. The monoisotopic (exact) mass is 374 g/mol. The topological polar surface area (TPSA) is 60.9 Å². The largest absolute Gasteiger partial charge is 0.507 e. The molecule has 1 heterocycles. The summed E-state index contributed by atoms with van der Waals surface area (Å²) in [5.41, 5.74) is 2.86. The number of carbonyl (C=O) groups excluding carboxylic acids is 2. The number of amides is 1. The fraction of sp³-hybridized carbons (Fsp3) is 0.217. The molecule has 0 aliphatic carbocycles. The van der Waals surface area contributed by atoms with Crippen LogP contribution < -0.4 is 0 Å². The number of fused-ring (bicyclic) bond motifs is 1. The fourth-order valence-corrected chi connectivity index (χ4v) is 3.63. The molecule has 0 bridgehead atoms. The molecule has 142 valence electrons. The van der Waals surface area contributed by atoms with Crippen molar-refractivity contribution in [1.82, 2.24) is 9.80 Å². The predicted octanol–water partition coefficient (Wildman–Crippen LogP) is 3.41. The molecule has 1 N–H and O–H groups in total. The average molecular weight is 374 g/mol. The van der Waals surface area contributed by atoms with Gasteiger partial charge in [0.2, 0.25) is 0 Å². The molecule has 0 atom stereocenters. The van der Waals surface area contributed by atoms with Crippen LogP contribution in [-0.4, -0.2) is 60.3 Å². The Morgan fingerprint density at radius 2 is 1.57 bits per heavy atom. The lowest BCUT2D eigenvalue weighted by atomic mass is 9.97. The summed E-state index contributed by atoms with van der Waals surface area (Å²) in [6, 6.07) is 16.7. The van der Waals surface area contributed by atoms with E-state index < -0.39 is 0 Å². The van der Waals surface area contributed by atoms with Crippen LogP contribution in [-0.2, 0) is 0 Å². The van der Waals surface area contributed by atoms with E-state index in [4.69, 9.17) is 0 Å². The van der Waals surface area contributed by atoms with Crippen molar-refractivity contribution in [2.75, 3.05) is 33.2 Å².